The van der Waals surface area contributed by atoms with Gasteiger partial charge in [0.25, 0.3) is 0 Å². The van der Waals surface area contributed by atoms with E-state index in [1.54, 1.807) is 0 Å². The van der Waals surface area contributed by atoms with Gasteiger partial charge in [-0.15, -0.1) is 0 Å². The highest BCUT2D eigenvalue weighted by molar-refractivity contribution is 5.89. The van der Waals surface area contributed by atoms with Crippen LogP contribution in [-0.4, -0.2) is 50.7 Å². The van der Waals surface area contributed by atoms with Crippen molar-refractivity contribution in [2.24, 2.45) is 0 Å². The monoisotopic (exact) mass is 160 g/mol. The molecule has 0 aromatic rings. The average Bonchev–Trinajstić information content (AvgIpc) is 1.61. The minimum Gasteiger partial charge on any atom is -0.478 e. The fourth-order valence-corrected chi connectivity index (χ4v) is 0.143. The fraction of sp³-hybridized carbons (Fsp3) is 0. The van der Waals surface area contributed by atoms with E-state index in [0.717, 1.165) is 0 Å². The Morgan fingerprint density at radius 1 is 1.00 bits per heavy atom. The fourth-order valence-electron chi connectivity index (χ4n) is 0.143. The third kappa shape index (κ3) is 15.7. The van der Waals surface area contributed by atoms with E-state index in [9.17, 15) is 9.59 Å². The van der Waals surface area contributed by atoms with Crippen LogP contribution < -0.4 is 0 Å². The molecule has 0 aliphatic rings. The van der Waals surface area contributed by atoms with Crippen molar-refractivity contribution in [1.29, 1.82) is 0 Å². The van der Waals surface area contributed by atoms with Crippen LogP contribution in [0.5, 0.6) is 0 Å². The van der Waals surface area contributed by atoms with Gasteiger partial charge in [0.1, 0.15) is 0 Å². The van der Waals surface area contributed by atoms with Gasteiger partial charge < -0.3 is 15.7 Å². The van der Waals surface area contributed by atoms with Gasteiger partial charge in [0.15, 0.2) is 0 Å². The summed E-state index contributed by atoms with van der Waals surface area (Å²) in [5.41, 5.74) is 0. The molecule has 0 fully saturated rings. The molecular weight excluding hydrogens is 152 g/mol. The van der Waals surface area contributed by atoms with Crippen molar-refractivity contribution >= 4 is 35.0 Å². The zero-order chi connectivity index (χ0) is 6.57. The molecule has 0 aromatic heterocycles. The van der Waals surface area contributed by atoms with Crippen LogP contribution in [0.25, 0.3) is 0 Å². The Labute approximate surface area is 72.8 Å². The quantitative estimate of drug-likeness (QED) is 0.359. The summed E-state index contributed by atoms with van der Waals surface area (Å²) >= 11 is 0. The largest absolute Gasteiger partial charge is 0.478 e. The van der Waals surface area contributed by atoms with Gasteiger partial charge in [0.05, 0.1) is 0 Å². The molecule has 0 atom stereocenters. The highest BCUT2D eigenvalue weighted by Gasteiger charge is 1.88. The van der Waals surface area contributed by atoms with E-state index in [0.29, 0.717) is 12.2 Å². The van der Waals surface area contributed by atoms with E-state index < -0.39 is 11.9 Å². The normalized spacial score (nSPS) is 7.60. The van der Waals surface area contributed by atoms with Crippen LogP contribution in [0.3, 0.4) is 0 Å². The molecule has 0 rings (SSSR count). The molecule has 0 aliphatic carbocycles. The minimum atomic E-state index is -1.26. The van der Waals surface area contributed by atoms with Crippen molar-refractivity contribution < 1.29 is 25.3 Å². The number of carboxylic acid groups (broad SMARTS) is 2. The zero-order valence-electron chi connectivity index (χ0n) is 4.37. The second-order valence-electron chi connectivity index (χ2n) is 1.01. The lowest BCUT2D eigenvalue weighted by Crippen LogP contribution is -1.91. The minimum absolute atomic E-state index is 0. The number of hydrogen-bond acceptors (Lipinski definition) is 2. The number of rotatable bonds is 2. The predicted octanol–water partition coefficient (Wildman–Crippen LogP) is -2.03. The number of hydrogen-bond donors (Lipinski definition) is 2. The van der Waals surface area contributed by atoms with E-state index >= 15 is 0 Å². The summed E-state index contributed by atoms with van der Waals surface area (Å²) in [5.74, 6) is -2.51. The van der Waals surface area contributed by atoms with Gasteiger partial charge in [-0.2, -0.15) is 0 Å². The Bertz CT molecular complexity index is 125. The Morgan fingerprint density at radius 3 is 1.30 bits per heavy atom. The third-order valence-corrected chi connectivity index (χ3v) is 0.368. The smallest absolute Gasteiger partial charge is 0.328 e. The Hall–Kier alpha value is -0.594. The van der Waals surface area contributed by atoms with Gasteiger partial charge >= 0.3 is 35.0 Å². The third-order valence-electron chi connectivity index (χ3n) is 0.368. The van der Waals surface area contributed by atoms with Crippen LogP contribution in [-0.2, 0) is 9.59 Å². The number of carbonyl (C=O) groups is 2. The molecule has 0 saturated carbocycles. The Balaban J connectivity index is -0.000000245. The SMILES string of the molecule is O.O=C(O)/C=C/C(=O)O.[MgH2]. The van der Waals surface area contributed by atoms with E-state index in [1.165, 1.54) is 0 Å². The lowest BCUT2D eigenvalue weighted by molar-refractivity contribution is -0.134. The molecule has 0 amide bonds. The molecule has 10 heavy (non-hydrogen) atoms. The molecule has 0 saturated heterocycles. The molecule has 56 valence electrons. The molecule has 0 heterocycles. The van der Waals surface area contributed by atoms with Crippen molar-refractivity contribution in [3.8, 4) is 0 Å². The van der Waals surface area contributed by atoms with Crippen molar-refractivity contribution in [3.63, 3.8) is 0 Å². The highest BCUT2D eigenvalue weighted by atomic mass is 24.3. The summed E-state index contributed by atoms with van der Waals surface area (Å²) in [5, 5.41) is 15.6. The van der Waals surface area contributed by atoms with Gasteiger partial charge in [-0.3, -0.25) is 0 Å². The molecule has 5 nitrogen and oxygen atoms in total. The van der Waals surface area contributed by atoms with E-state index in [2.05, 4.69) is 0 Å². The van der Waals surface area contributed by atoms with Gasteiger partial charge in [-0.25, -0.2) is 9.59 Å². The second kappa shape index (κ2) is 8.41. The summed E-state index contributed by atoms with van der Waals surface area (Å²) in [6, 6.07) is 0. The van der Waals surface area contributed by atoms with Crippen LogP contribution in [0.4, 0.5) is 0 Å². The summed E-state index contributed by atoms with van der Waals surface area (Å²) in [6.07, 6.45) is 1.12. The number of carboxylic acids is 2. The van der Waals surface area contributed by atoms with Gasteiger partial charge in [0, 0.05) is 12.2 Å². The molecule has 0 unspecified atom stereocenters. The first kappa shape index (κ1) is 16.2. The standard InChI is InChI=1S/C4H4O4.Mg.H2O.2H/c5-3(6)1-2-4(7)8;;;;/h1-2H,(H,5,6)(H,7,8);;1H2;;/b2-1+;;;;. The van der Waals surface area contributed by atoms with E-state index in [4.69, 9.17) is 10.2 Å². The van der Waals surface area contributed by atoms with Gasteiger partial charge in [-0.05, 0) is 0 Å². The van der Waals surface area contributed by atoms with Crippen LogP contribution in [0.15, 0.2) is 12.2 Å². The van der Waals surface area contributed by atoms with Crippen LogP contribution in [0.2, 0.25) is 0 Å². The first-order chi connectivity index (χ1) is 3.63. The molecule has 0 bridgehead atoms. The molecule has 6 heteroatoms. The lowest BCUT2D eigenvalue weighted by Gasteiger charge is -1.74. The topological polar surface area (TPSA) is 106 Å². The molecular formula is C4H8MgO5. The summed E-state index contributed by atoms with van der Waals surface area (Å²) in [7, 11) is 0. The zero-order valence-corrected chi connectivity index (χ0v) is 4.37. The lowest BCUT2D eigenvalue weighted by atomic mass is 10.5. The summed E-state index contributed by atoms with van der Waals surface area (Å²) < 4.78 is 0. The Morgan fingerprint density at radius 2 is 1.20 bits per heavy atom. The molecule has 0 spiro atoms. The second-order valence-corrected chi connectivity index (χ2v) is 1.01. The predicted molar refractivity (Wildman–Crippen MR) is 36.6 cm³/mol. The Kier molecular flexibility index (Phi) is 13.6. The molecule has 0 radical (unpaired) electrons. The van der Waals surface area contributed by atoms with Crippen LogP contribution >= 0.6 is 0 Å². The first-order valence-corrected chi connectivity index (χ1v) is 1.77. The maximum absolute atomic E-state index is 9.55. The average molecular weight is 160 g/mol. The summed E-state index contributed by atoms with van der Waals surface area (Å²) in [4.78, 5) is 19.1. The van der Waals surface area contributed by atoms with Crippen molar-refractivity contribution in [2.75, 3.05) is 0 Å². The van der Waals surface area contributed by atoms with Gasteiger partial charge in [0.2, 0.25) is 0 Å². The van der Waals surface area contributed by atoms with E-state index in [-0.39, 0.29) is 28.5 Å². The molecule has 0 aliphatic heterocycles. The highest BCUT2D eigenvalue weighted by Crippen LogP contribution is 1.70. The first-order valence-electron chi connectivity index (χ1n) is 1.77. The van der Waals surface area contributed by atoms with Crippen molar-refractivity contribution in [3.05, 3.63) is 12.2 Å². The molecule has 4 N–H and O–H groups in total. The van der Waals surface area contributed by atoms with Crippen LogP contribution in [0, 0.1) is 0 Å². The maximum atomic E-state index is 9.55. The van der Waals surface area contributed by atoms with E-state index in [1.807, 2.05) is 0 Å². The molecule has 0 aromatic carbocycles. The van der Waals surface area contributed by atoms with Crippen LogP contribution in [0.1, 0.15) is 0 Å². The maximum Gasteiger partial charge on any atom is 0.328 e. The summed E-state index contributed by atoms with van der Waals surface area (Å²) in [6.45, 7) is 0. The van der Waals surface area contributed by atoms with Crippen molar-refractivity contribution in [2.45, 2.75) is 0 Å². The number of aliphatic carboxylic acids is 2. The van der Waals surface area contributed by atoms with Crippen molar-refractivity contribution in [1.82, 2.24) is 0 Å². The van der Waals surface area contributed by atoms with Gasteiger partial charge in [-0.1, -0.05) is 0 Å².